The minimum absolute atomic E-state index is 0.906. The molecule has 2 aromatic heterocycles. The molecule has 1 N–H and O–H groups in total. The normalized spacial score (nSPS) is 13.2. The highest BCUT2D eigenvalue weighted by atomic mass is 14.9. The van der Waals surface area contributed by atoms with Crippen LogP contribution in [0.2, 0.25) is 0 Å². The van der Waals surface area contributed by atoms with E-state index in [-0.39, 0.29) is 0 Å². The number of rotatable bonds is 2. The lowest BCUT2D eigenvalue weighted by Crippen LogP contribution is -2.10. The molecular weight excluding hydrogens is 234 g/mol. The summed E-state index contributed by atoms with van der Waals surface area (Å²) in [6.45, 7) is 0. The molecule has 0 bridgehead atoms. The van der Waals surface area contributed by atoms with Gasteiger partial charge in [-0.3, -0.25) is 9.97 Å². The summed E-state index contributed by atoms with van der Waals surface area (Å²) in [4.78, 5) is 8.87. The van der Waals surface area contributed by atoms with Gasteiger partial charge in [0.25, 0.3) is 0 Å². The molecule has 3 heterocycles. The fraction of sp³-hybridized carbons (Fsp3) is 0. The minimum Gasteiger partial charge on any atom is -0.361 e. The van der Waals surface area contributed by atoms with Crippen molar-refractivity contribution in [3.05, 3.63) is 90.3 Å². The van der Waals surface area contributed by atoms with Gasteiger partial charge in [0.1, 0.15) is 0 Å². The van der Waals surface area contributed by atoms with Crippen LogP contribution in [0.4, 0.5) is 0 Å². The second-order valence-electron chi connectivity index (χ2n) is 4.08. The van der Waals surface area contributed by atoms with Crippen LogP contribution in [0.1, 0.15) is 11.4 Å². The summed E-state index contributed by atoms with van der Waals surface area (Å²) >= 11 is 0. The third-order valence-corrected chi connectivity index (χ3v) is 2.82. The zero-order chi connectivity index (χ0) is 12.9. The molecular formula is C16H13N3. The first-order chi connectivity index (χ1) is 9.45. The lowest BCUT2D eigenvalue weighted by molar-refractivity contribution is 1.08. The van der Waals surface area contributed by atoms with Gasteiger partial charge in [0, 0.05) is 29.9 Å². The monoisotopic (exact) mass is 247 g/mol. The quantitative estimate of drug-likeness (QED) is 0.886. The van der Waals surface area contributed by atoms with Crippen molar-refractivity contribution in [1.82, 2.24) is 15.3 Å². The number of aromatic nitrogens is 2. The maximum absolute atomic E-state index is 4.43. The summed E-state index contributed by atoms with van der Waals surface area (Å²) in [5, 5.41) is 3.25. The molecule has 0 spiro atoms. The molecule has 19 heavy (non-hydrogen) atoms. The van der Waals surface area contributed by atoms with Gasteiger partial charge in [-0.1, -0.05) is 18.2 Å². The average molecular weight is 247 g/mol. The van der Waals surface area contributed by atoms with E-state index in [9.17, 15) is 0 Å². The highest BCUT2D eigenvalue weighted by Gasteiger charge is 2.12. The fourth-order valence-electron chi connectivity index (χ4n) is 1.98. The summed E-state index contributed by atoms with van der Waals surface area (Å²) in [6.07, 6.45) is 11.5. The number of nitrogens with zero attached hydrogens (tertiary/aromatic N) is 2. The van der Waals surface area contributed by atoms with E-state index in [0.29, 0.717) is 0 Å². The number of dihydropyridines is 1. The molecule has 3 heteroatoms. The number of allylic oxidation sites excluding steroid dienone is 3. The van der Waals surface area contributed by atoms with E-state index < -0.39 is 0 Å². The molecule has 0 aliphatic carbocycles. The van der Waals surface area contributed by atoms with Crippen LogP contribution in [0, 0.1) is 0 Å². The summed E-state index contributed by atoms with van der Waals surface area (Å²) in [7, 11) is 0. The van der Waals surface area contributed by atoms with Gasteiger partial charge in [-0.15, -0.1) is 0 Å². The Morgan fingerprint density at radius 1 is 0.842 bits per heavy atom. The van der Waals surface area contributed by atoms with Crippen LogP contribution in [-0.2, 0) is 0 Å². The third-order valence-electron chi connectivity index (χ3n) is 2.82. The molecule has 0 radical (unpaired) electrons. The van der Waals surface area contributed by atoms with E-state index >= 15 is 0 Å². The Kier molecular flexibility index (Phi) is 3.19. The number of hydrogen-bond donors (Lipinski definition) is 1. The number of pyridine rings is 2. The van der Waals surface area contributed by atoms with Crippen molar-refractivity contribution >= 4 is 5.57 Å². The van der Waals surface area contributed by atoms with E-state index in [0.717, 1.165) is 22.7 Å². The fourth-order valence-corrected chi connectivity index (χ4v) is 1.98. The van der Waals surface area contributed by atoms with Crippen LogP contribution < -0.4 is 5.32 Å². The average Bonchev–Trinajstić information content (AvgIpc) is 2.51. The summed E-state index contributed by atoms with van der Waals surface area (Å²) in [5.41, 5.74) is 3.81. The topological polar surface area (TPSA) is 37.8 Å². The summed E-state index contributed by atoms with van der Waals surface area (Å²) < 4.78 is 0. The molecule has 1 aliphatic rings. The molecule has 0 amide bonds. The Hall–Kier alpha value is -2.68. The van der Waals surface area contributed by atoms with Crippen molar-refractivity contribution in [2.24, 2.45) is 0 Å². The van der Waals surface area contributed by atoms with Gasteiger partial charge in [0.15, 0.2) is 0 Å². The SMILES string of the molecule is C1=CNC(=C(c2ccccn2)c2ccccn2)C=C1. The molecule has 0 unspecified atom stereocenters. The second-order valence-corrected chi connectivity index (χ2v) is 4.08. The van der Waals surface area contributed by atoms with Gasteiger partial charge in [-0.25, -0.2) is 0 Å². The number of hydrogen-bond acceptors (Lipinski definition) is 3. The Morgan fingerprint density at radius 3 is 2.00 bits per heavy atom. The van der Waals surface area contributed by atoms with Gasteiger partial charge in [0.2, 0.25) is 0 Å². The van der Waals surface area contributed by atoms with Gasteiger partial charge < -0.3 is 5.32 Å². The van der Waals surface area contributed by atoms with E-state index in [1.54, 1.807) is 12.4 Å². The van der Waals surface area contributed by atoms with Crippen molar-refractivity contribution < 1.29 is 0 Å². The molecule has 0 atom stereocenters. The van der Waals surface area contributed by atoms with Gasteiger partial charge in [-0.05, 0) is 36.4 Å². The van der Waals surface area contributed by atoms with Crippen LogP contribution in [0.15, 0.2) is 78.9 Å². The minimum atomic E-state index is 0.906. The van der Waals surface area contributed by atoms with Crippen molar-refractivity contribution in [2.45, 2.75) is 0 Å². The van der Waals surface area contributed by atoms with Gasteiger partial charge in [0.05, 0.1) is 11.4 Å². The van der Waals surface area contributed by atoms with Gasteiger partial charge in [-0.2, -0.15) is 0 Å². The van der Waals surface area contributed by atoms with Crippen LogP contribution in [0.25, 0.3) is 5.57 Å². The van der Waals surface area contributed by atoms with E-state index in [2.05, 4.69) is 15.3 Å². The Labute approximate surface area is 112 Å². The van der Waals surface area contributed by atoms with Gasteiger partial charge >= 0.3 is 0 Å². The number of nitrogens with one attached hydrogen (secondary N) is 1. The molecule has 92 valence electrons. The molecule has 1 aliphatic heterocycles. The highest BCUT2D eigenvalue weighted by Crippen LogP contribution is 2.24. The van der Waals surface area contributed by atoms with Crippen LogP contribution in [0.5, 0.6) is 0 Å². The third kappa shape index (κ3) is 2.45. The Balaban J connectivity index is 2.17. The summed E-state index contributed by atoms with van der Waals surface area (Å²) in [6, 6.07) is 11.8. The molecule has 0 saturated carbocycles. The van der Waals surface area contributed by atoms with Crippen LogP contribution >= 0.6 is 0 Å². The lowest BCUT2D eigenvalue weighted by atomic mass is 10.0. The van der Waals surface area contributed by atoms with Crippen molar-refractivity contribution in [2.75, 3.05) is 0 Å². The maximum Gasteiger partial charge on any atom is 0.0744 e. The zero-order valence-corrected chi connectivity index (χ0v) is 10.3. The van der Waals surface area contributed by atoms with Crippen LogP contribution in [-0.4, -0.2) is 9.97 Å². The predicted octanol–water partition coefficient (Wildman–Crippen LogP) is 2.91. The first kappa shape index (κ1) is 11.4. The Bertz CT molecular complexity index is 599. The first-order valence-electron chi connectivity index (χ1n) is 6.12. The maximum atomic E-state index is 4.43. The molecule has 0 saturated heterocycles. The van der Waals surface area contributed by atoms with Crippen molar-refractivity contribution in [1.29, 1.82) is 0 Å². The predicted molar refractivity (Wildman–Crippen MR) is 75.9 cm³/mol. The van der Waals surface area contributed by atoms with Crippen molar-refractivity contribution in [3.63, 3.8) is 0 Å². The van der Waals surface area contributed by atoms with E-state index in [1.807, 2.05) is 60.8 Å². The zero-order valence-electron chi connectivity index (χ0n) is 10.3. The first-order valence-corrected chi connectivity index (χ1v) is 6.12. The van der Waals surface area contributed by atoms with Crippen molar-refractivity contribution in [3.8, 4) is 0 Å². The largest absolute Gasteiger partial charge is 0.361 e. The Morgan fingerprint density at radius 2 is 1.53 bits per heavy atom. The second kappa shape index (κ2) is 5.31. The molecule has 2 aromatic rings. The molecule has 3 rings (SSSR count). The standard InChI is InChI=1S/C16H13N3/c1-4-10-17-13(7-1)16(14-8-2-5-11-18-14)15-9-3-6-12-19-15/h1-12,17H. The van der Waals surface area contributed by atoms with Crippen LogP contribution in [0.3, 0.4) is 0 Å². The smallest absolute Gasteiger partial charge is 0.0744 e. The van der Waals surface area contributed by atoms with E-state index in [1.165, 1.54) is 0 Å². The lowest BCUT2D eigenvalue weighted by Gasteiger charge is -2.13. The molecule has 3 nitrogen and oxygen atoms in total. The summed E-state index contributed by atoms with van der Waals surface area (Å²) in [5.74, 6) is 0. The highest BCUT2D eigenvalue weighted by molar-refractivity contribution is 5.80. The van der Waals surface area contributed by atoms with E-state index in [4.69, 9.17) is 0 Å². The molecule has 0 fully saturated rings. The molecule has 0 aromatic carbocycles.